The number of nitrogens with one attached hydrogen (secondary N) is 1. The fourth-order valence-corrected chi connectivity index (χ4v) is 2.39. The number of thiazole rings is 1. The molecule has 2 heterocycles. The third-order valence-electron chi connectivity index (χ3n) is 2.56. The van der Waals surface area contributed by atoms with Gasteiger partial charge in [0.25, 0.3) is 5.91 Å². The third-order valence-corrected chi connectivity index (χ3v) is 3.86. The van der Waals surface area contributed by atoms with Gasteiger partial charge in [0.1, 0.15) is 10.7 Å². The van der Waals surface area contributed by atoms with E-state index < -0.39 is 0 Å². The van der Waals surface area contributed by atoms with Gasteiger partial charge in [-0.15, -0.1) is 16.4 Å². The highest BCUT2D eigenvalue weighted by atomic mass is 32.1. The molecule has 2 aromatic heterocycles. The molecule has 1 N–H and O–H groups in total. The predicted octanol–water partition coefficient (Wildman–Crippen LogP) is 1.70. The molecule has 0 atom stereocenters. The largest absolute Gasteiger partial charge is 0.288 e. The number of anilines is 1. The van der Waals surface area contributed by atoms with E-state index in [9.17, 15) is 4.79 Å². The average Bonchev–Trinajstić information content (AvgIpc) is 2.83. The Labute approximate surface area is 109 Å². The molecule has 0 unspecified atom stereocenters. The maximum atomic E-state index is 12.1. The molecule has 0 aromatic carbocycles. The molecular formula is C11H15N5OS. The van der Waals surface area contributed by atoms with Crippen LogP contribution in [-0.2, 0) is 13.5 Å². The molecule has 0 aliphatic heterocycles. The molecule has 0 fully saturated rings. The second-order valence-electron chi connectivity index (χ2n) is 3.94. The molecule has 0 aliphatic carbocycles. The molecule has 96 valence electrons. The normalized spacial score (nSPS) is 10.7. The van der Waals surface area contributed by atoms with Crippen LogP contribution in [0.15, 0.2) is 0 Å². The van der Waals surface area contributed by atoms with E-state index in [-0.39, 0.29) is 5.91 Å². The van der Waals surface area contributed by atoms with Gasteiger partial charge in [0.05, 0.1) is 10.7 Å². The zero-order valence-electron chi connectivity index (χ0n) is 10.8. The molecule has 6 nitrogen and oxygen atoms in total. The van der Waals surface area contributed by atoms with Crippen molar-refractivity contribution in [3.8, 4) is 0 Å². The molecule has 2 rings (SSSR count). The Morgan fingerprint density at radius 1 is 1.39 bits per heavy atom. The number of aromatic nitrogens is 4. The number of rotatable bonds is 3. The lowest BCUT2D eigenvalue weighted by Crippen LogP contribution is -2.12. The lowest BCUT2D eigenvalue weighted by Gasteiger charge is -1.97. The minimum Gasteiger partial charge on any atom is -0.288 e. The van der Waals surface area contributed by atoms with Gasteiger partial charge in [-0.2, -0.15) is 4.98 Å². The van der Waals surface area contributed by atoms with Gasteiger partial charge in [0.2, 0.25) is 5.95 Å². The van der Waals surface area contributed by atoms with Crippen molar-refractivity contribution in [1.82, 2.24) is 19.7 Å². The molecule has 0 radical (unpaired) electrons. The lowest BCUT2D eigenvalue weighted by atomic mass is 10.4. The van der Waals surface area contributed by atoms with E-state index in [4.69, 9.17) is 0 Å². The second kappa shape index (κ2) is 4.85. The number of carbonyl (C=O) groups is 1. The molecule has 0 bridgehead atoms. The van der Waals surface area contributed by atoms with E-state index in [1.165, 1.54) is 11.3 Å². The highest BCUT2D eigenvalue weighted by molar-refractivity contribution is 7.13. The molecule has 0 spiro atoms. The van der Waals surface area contributed by atoms with Gasteiger partial charge in [-0.1, -0.05) is 6.92 Å². The van der Waals surface area contributed by atoms with Crippen molar-refractivity contribution in [2.75, 3.05) is 5.32 Å². The lowest BCUT2D eigenvalue weighted by molar-refractivity contribution is 0.102. The van der Waals surface area contributed by atoms with Crippen molar-refractivity contribution in [2.24, 2.45) is 7.05 Å². The van der Waals surface area contributed by atoms with Crippen LogP contribution in [0.1, 0.15) is 33.1 Å². The molecular weight excluding hydrogens is 250 g/mol. The third kappa shape index (κ3) is 2.40. The van der Waals surface area contributed by atoms with E-state index in [0.29, 0.717) is 10.8 Å². The predicted molar refractivity (Wildman–Crippen MR) is 69.9 cm³/mol. The fraction of sp³-hybridized carbons (Fsp3) is 0.455. The standard InChI is InChI=1S/C11H15N5OS/c1-5-8-12-6(2)9(18-8)10(17)14-11-13-7(3)16(4)15-11/h5H2,1-4H3,(H,14,15,17). The van der Waals surface area contributed by atoms with Crippen LogP contribution >= 0.6 is 11.3 Å². The monoisotopic (exact) mass is 265 g/mol. The molecule has 0 aliphatic rings. The quantitative estimate of drug-likeness (QED) is 0.916. The summed E-state index contributed by atoms with van der Waals surface area (Å²) in [5.41, 5.74) is 0.752. The molecule has 0 saturated carbocycles. The molecule has 18 heavy (non-hydrogen) atoms. The summed E-state index contributed by atoms with van der Waals surface area (Å²) in [5, 5.41) is 7.74. The first kappa shape index (κ1) is 12.7. The fourth-order valence-electron chi connectivity index (χ4n) is 1.49. The van der Waals surface area contributed by atoms with Gasteiger partial charge in [0.15, 0.2) is 0 Å². The molecule has 7 heteroatoms. The van der Waals surface area contributed by atoms with Gasteiger partial charge >= 0.3 is 0 Å². The number of nitrogens with zero attached hydrogens (tertiary/aromatic N) is 4. The van der Waals surface area contributed by atoms with Gasteiger partial charge in [-0.3, -0.25) is 14.8 Å². The molecule has 2 aromatic rings. The van der Waals surface area contributed by atoms with Crippen LogP contribution < -0.4 is 5.32 Å². The van der Waals surface area contributed by atoms with E-state index in [2.05, 4.69) is 20.4 Å². The van der Waals surface area contributed by atoms with E-state index in [1.807, 2.05) is 20.8 Å². The van der Waals surface area contributed by atoms with Crippen molar-refractivity contribution < 1.29 is 4.79 Å². The van der Waals surface area contributed by atoms with Crippen LogP contribution in [0, 0.1) is 13.8 Å². The van der Waals surface area contributed by atoms with Gasteiger partial charge in [0, 0.05) is 7.05 Å². The van der Waals surface area contributed by atoms with Gasteiger partial charge < -0.3 is 0 Å². The van der Waals surface area contributed by atoms with Crippen molar-refractivity contribution in [2.45, 2.75) is 27.2 Å². The summed E-state index contributed by atoms with van der Waals surface area (Å²) in [5.74, 6) is 0.877. The Bertz CT molecular complexity index is 567. The van der Waals surface area contributed by atoms with Crippen LogP contribution in [0.4, 0.5) is 5.95 Å². The number of hydrogen-bond donors (Lipinski definition) is 1. The Hall–Kier alpha value is -1.76. The molecule has 0 saturated heterocycles. The van der Waals surface area contributed by atoms with Crippen molar-refractivity contribution >= 4 is 23.2 Å². The SMILES string of the molecule is CCc1nc(C)c(C(=O)Nc2nc(C)n(C)n2)s1. The number of hydrogen-bond acceptors (Lipinski definition) is 5. The minimum atomic E-state index is -0.199. The maximum Gasteiger partial charge on any atom is 0.270 e. The average molecular weight is 265 g/mol. The maximum absolute atomic E-state index is 12.1. The first-order valence-electron chi connectivity index (χ1n) is 5.66. The van der Waals surface area contributed by atoms with E-state index in [0.717, 1.165) is 22.9 Å². The molecule has 1 amide bonds. The summed E-state index contributed by atoms with van der Waals surface area (Å²) in [4.78, 5) is 21.1. The van der Waals surface area contributed by atoms with Crippen molar-refractivity contribution in [3.63, 3.8) is 0 Å². The van der Waals surface area contributed by atoms with Crippen LogP contribution in [0.25, 0.3) is 0 Å². The summed E-state index contributed by atoms with van der Waals surface area (Å²) in [6.07, 6.45) is 0.833. The smallest absolute Gasteiger partial charge is 0.270 e. The van der Waals surface area contributed by atoms with Gasteiger partial charge in [-0.25, -0.2) is 4.98 Å². The first-order valence-corrected chi connectivity index (χ1v) is 6.48. The van der Waals surface area contributed by atoms with Crippen LogP contribution in [0.2, 0.25) is 0 Å². The summed E-state index contributed by atoms with van der Waals surface area (Å²) < 4.78 is 1.62. The van der Waals surface area contributed by atoms with Crippen molar-refractivity contribution in [1.29, 1.82) is 0 Å². The first-order chi connectivity index (χ1) is 8.51. The van der Waals surface area contributed by atoms with Crippen molar-refractivity contribution in [3.05, 3.63) is 21.4 Å². The Kier molecular flexibility index (Phi) is 3.42. The zero-order valence-corrected chi connectivity index (χ0v) is 11.6. The minimum absolute atomic E-state index is 0.199. The zero-order chi connectivity index (χ0) is 13.3. The van der Waals surface area contributed by atoms with Crippen LogP contribution in [0.5, 0.6) is 0 Å². The Morgan fingerprint density at radius 3 is 2.61 bits per heavy atom. The van der Waals surface area contributed by atoms with Crippen LogP contribution in [-0.4, -0.2) is 25.7 Å². The number of aryl methyl sites for hydroxylation is 4. The Balaban J connectivity index is 2.18. The van der Waals surface area contributed by atoms with Crippen LogP contribution in [0.3, 0.4) is 0 Å². The Morgan fingerprint density at radius 2 is 2.11 bits per heavy atom. The summed E-state index contributed by atoms with van der Waals surface area (Å²) in [6.45, 7) is 5.68. The topological polar surface area (TPSA) is 72.7 Å². The van der Waals surface area contributed by atoms with E-state index >= 15 is 0 Å². The van der Waals surface area contributed by atoms with Gasteiger partial charge in [-0.05, 0) is 20.3 Å². The summed E-state index contributed by atoms with van der Waals surface area (Å²) in [7, 11) is 1.78. The second-order valence-corrected chi connectivity index (χ2v) is 5.02. The summed E-state index contributed by atoms with van der Waals surface area (Å²) >= 11 is 1.41. The number of carbonyl (C=O) groups excluding carboxylic acids is 1. The highest BCUT2D eigenvalue weighted by Gasteiger charge is 2.16. The highest BCUT2D eigenvalue weighted by Crippen LogP contribution is 2.19. The summed E-state index contributed by atoms with van der Waals surface area (Å²) in [6, 6.07) is 0. The number of amides is 1. The van der Waals surface area contributed by atoms with E-state index in [1.54, 1.807) is 11.7 Å².